The number of hydrazone groups is 1. The summed E-state index contributed by atoms with van der Waals surface area (Å²) in [7, 11) is 1.60. The van der Waals surface area contributed by atoms with Crippen molar-refractivity contribution in [3.63, 3.8) is 0 Å². The number of amides is 1. The van der Waals surface area contributed by atoms with Gasteiger partial charge in [0.15, 0.2) is 0 Å². The van der Waals surface area contributed by atoms with Crippen molar-refractivity contribution in [2.24, 2.45) is 5.10 Å². The lowest BCUT2D eigenvalue weighted by Gasteiger charge is -2.06. The van der Waals surface area contributed by atoms with Gasteiger partial charge in [0.25, 0.3) is 5.91 Å². The van der Waals surface area contributed by atoms with Crippen molar-refractivity contribution >= 4 is 17.8 Å². The van der Waals surface area contributed by atoms with Gasteiger partial charge in [-0.25, -0.2) is 5.43 Å². The summed E-state index contributed by atoms with van der Waals surface area (Å²) in [6, 6.07) is 10.9. The summed E-state index contributed by atoms with van der Waals surface area (Å²) < 4.78 is 5.11. The molecule has 6 nitrogen and oxygen atoms in total. The Morgan fingerprint density at radius 1 is 1.30 bits per heavy atom. The Bertz CT molecular complexity index is 625. The number of carbonyl (C=O) groups excluding carboxylic acids is 1. The average molecular weight is 318 g/mol. The lowest BCUT2D eigenvalue weighted by Crippen LogP contribution is -2.25. The van der Waals surface area contributed by atoms with Crippen LogP contribution in [0.1, 0.15) is 22.3 Å². The van der Waals surface area contributed by atoms with Crippen molar-refractivity contribution in [3.05, 3.63) is 54.4 Å². The second-order valence-corrected chi connectivity index (χ2v) is 4.16. The molecule has 2 N–H and O–H groups in total. The smallest absolute Gasteiger partial charge is 0.259 e. The van der Waals surface area contributed by atoms with Crippen molar-refractivity contribution < 1.29 is 12.4 Å². The standard InChI is InChI=1S/C15H16N4O2.C2H6.2H2/c1-21-14-4-2-3-13(9-14)17-11-15(20)19-18-10-12-5-7-16-8-6-12;1-2;;/h2-10,17H,11H2,1H3,(H,19,20);1-2H3;2*1H/b18-10+;;;. The van der Waals surface area contributed by atoms with E-state index in [1.54, 1.807) is 37.9 Å². The first kappa shape index (κ1) is 18.2. The van der Waals surface area contributed by atoms with E-state index in [-0.39, 0.29) is 15.3 Å². The maximum Gasteiger partial charge on any atom is 0.259 e. The molecule has 2 rings (SSSR count). The molecule has 0 fully saturated rings. The molecule has 1 aromatic heterocycles. The van der Waals surface area contributed by atoms with E-state index in [0.717, 1.165) is 17.0 Å². The van der Waals surface area contributed by atoms with Gasteiger partial charge in [-0.2, -0.15) is 5.10 Å². The van der Waals surface area contributed by atoms with Crippen LogP contribution in [0.4, 0.5) is 5.69 Å². The molecule has 126 valence electrons. The predicted octanol–water partition coefficient (Wildman–Crippen LogP) is 3.17. The lowest BCUT2D eigenvalue weighted by atomic mass is 10.3. The second kappa shape index (κ2) is 10.8. The Kier molecular flexibility index (Phi) is 8.51. The molecule has 23 heavy (non-hydrogen) atoms. The Morgan fingerprint density at radius 3 is 2.74 bits per heavy atom. The van der Waals surface area contributed by atoms with Crippen LogP contribution >= 0.6 is 0 Å². The molecule has 0 aliphatic rings. The molecule has 0 bridgehead atoms. The minimum absolute atomic E-state index is 0. The van der Waals surface area contributed by atoms with Gasteiger partial charge < -0.3 is 10.1 Å². The van der Waals surface area contributed by atoms with Gasteiger partial charge in [-0.15, -0.1) is 0 Å². The third-order valence-corrected chi connectivity index (χ3v) is 2.63. The number of anilines is 1. The predicted molar refractivity (Wildman–Crippen MR) is 97.0 cm³/mol. The van der Waals surface area contributed by atoms with Crippen molar-refractivity contribution in [2.75, 3.05) is 19.0 Å². The zero-order valence-electron chi connectivity index (χ0n) is 13.6. The molecule has 1 amide bonds. The Morgan fingerprint density at radius 2 is 2.04 bits per heavy atom. The van der Waals surface area contributed by atoms with E-state index in [1.165, 1.54) is 0 Å². The van der Waals surface area contributed by atoms with E-state index in [2.05, 4.69) is 20.8 Å². The molecule has 2 aromatic rings. The highest BCUT2D eigenvalue weighted by atomic mass is 16.5. The van der Waals surface area contributed by atoms with Crippen LogP contribution in [-0.2, 0) is 4.79 Å². The Labute approximate surface area is 139 Å². The van der Waals surface area contributed by atoms with Crippen LogP contribution in [0.2, 0.25) is 0 Å². The van der Waals surface area contributed by atoms with Crippen LogP contribution in [-0.4, -0.2) is 30.8 Å². The molecule has 0 saturated carbocycles. The molecule has 0 atom stereocenters. The van der Waals surface area contributed by atoms with Gasteiger partial charge in [-0.3, -0.25) is 9.78 Å². The third kappa shape index (κ3) is 7.08. The number of nitrogens with one attached hydrogen (secondary N) is 2. The number of carbonyl (C=O) groups is 1. The number of ether oxygens (including phenoxy) is 1. The highest BCUT2D eigenvalue weighted by molar-refractivity contribution is 5.84. The number of benzene rings is 1. The fraction of sp³-hybridized carbons (Fsp3) is 0.235. The molecular formula is C17H26N4O2. The van der Waals surface area contributed by atoms with Crippen molar-refractivity contribution in [2.45, 2.75) is 13.8 Å². The van der Waals surface area contributed by atoms with Crippen LogP contribution in [0.25, 0.3) is 0 Å². The summed E-state index contributed by atoms with van der Waals surface area (Å²) in [5, 5.41) is 6.86. The second-order valence-electron chi connectivity index (χ2n) is 4.16. The molecule has 0 radical (unpaired) electrons. The molecule has 1 aromatic carbocycles. The first-order valence-electron chi connectivity index (χ1n) is 7.38. The van der Waals surface area contributed by atoms with Crippen LogP contribution in [0.5, 0.6) is 5.75 Å². The number of rotatable bonds is 6. The number of methoxy groups -OCH3 is 1. The highest BCUT2D eigenvalue weighted by Crippen LogP contribution is 2.16. The number of aromatic nitrogens is 1. The molecule has 0 spiro atoms. The number of pyridine rings is 1. The molecule has 0 unspecified atom stereocenters. The first-order chi connectivity index (χ1) is 11.3. The number of hydrogen-bond donors (Lipinski definition) is 2. The van der Waals surface area contributed by atoms with E-state index in [9.17, 15) is 4.79 Å². The third-order valence-electron chi connectivity index (χ3n) is 2.63. The van der Waals surface area contributed by atoms with Gasteiger partial charge in [0.05, 0.1) is 19.9 Å². The molecular weight excluding hydrogens is 292 g/mol. The summed E-state index contributed by atoms with van der Waals surface area (Å²) in [6.07, 6.45) is 4.88. The quantitative estimate of drug-likeness (QED) is 0.633. The summed E-state index contributed by atoms with van der Waals surface area (Å²) in [5.41, 5.74) is 4.12. The van der Waals surface area contributed by atoms with Gasteiger partial charge in [-0.1, -0.05) is 19.9 Å². The molecule has 6 heteroatoms. The maximum absolute atomic E-state index is 11.6. The summed E-state index contributed by atoms with van der Waals surface area (Å²) in [6.45, 7) is 4.13. The van der Waals surface area contributed by atoms with Gasteiger partial charge in [0.1, 0.15) is 5.75 Å². The minimum atomic E-state index is -0.233. The molecule has 0 aliphatic heterocycles. The molecule has 1 heterocycles. The number of nitrogens with zero attached hydrogens (tertiary/aromatic N) is 2. The SMILES string of the molecule is CC.COc1cccc(NCC(=O)N/N=C/c2ccncc2)c1.[HH].[HH]. The summed E-state index contributed by atoms with van der Waals surface area (Å²) in [5.74, 6) is 0.499. The van der Waals surface area contributed by atoms with Gasteiger partial charge in [0.2, 0.25) is 0 Å². The summed E-state index contributed by atoms with van der Waals surface area (Å²) in [4.78, 5) is 15.5. The Hall–Kier alpha value is -2.89. The largest absolute Gasteiger partial charge is 0.497 e. The normalized spacial score (nSPS) is 9.70. The zero-order chi connectivity index (χ0) is 16.9. The Balaban J connectivity index is 0. The topological polar surface area (TPSA) is 75.6 Å². The summed E-state index contributed by atoms with van der Waals surface area (Å²) >= 11 is 0. The van der Waals surface area contributed by atoms with Gasteiger partial charge in [-0.05, 0) is 29.8 Å². The fourth-order valence-corrected chi connectivity index (χ4v) is 1.58. The zero-order valence-corrected chi connectivity index (χ0v) is 13.6. The minimum Gasteiger partial charge on any atom is -0.497 e. The lowest BCUT2D eigenvalue weighted by molar-refractivity contribution is -0.119. The van der Waals surface area contributed by atoms with Gasteiger partial charge >= 0.3 is 0 Å². The highest BCUT2D eigenvalue weighted by Gasteiger charge is 2.00. The number of hydrogen-bond acceptors (Lipinski definition) is 5. The van der Waals surface area contributed by atoms with E-state index in [1.807, 2.05) is 38.1 Å². The van der Waals surface area contributed by atoms with Crippen molar-refractivity contribution in [1.82, 2.24) is 10.4 Å². The van der Waals surface area contributed by atoms with E-state index in [0.29, 0.717) is 0 Å². The monoisotopic (exact) mass is 318 g/mol. The van der Waals surface area contributed by atoms with E-state index >= 15 is 0 Å². The average Bonchev–Trinajstić information content (AvgIpc) is 2.63. The van der Waals surface area contributed by atoms with Crippen molar-refractivity contribution in [1.29, 1.82) is 0 Å². The van der Waals surface area contributed by atoms with Gasteiger partial charge in [0, 0.05) is 27.0 Å². The maximum atomic E-state index is 11.6. The fourth-order valence-electron chi connectivity index (χ4n) is 1.58. The van der Waals surface area contributed by atoms with Crippen LogP contribution in [0, 0.1) is 0 Å². The van der Waals surface area contributed by atoms with Crippen LogP contribution in [0.15, 0.2) is 53.9 Å². The first-order valence-corrected chi connectivity index (χ1v) is 7.38. The van der Waals surface area contributed by atoms with E-state index < -0.39 is 0 Å². The van der Waals surface area contributed by atoms with Crippen LogP contribution < -0.4 is 15.5 Å². The molecule has 0 aliphatic carbocycles. The van der Waals surface area contributed by atoms with Crippen molar-refractivity contribution in [3.8, 4) is 5.75 Å². The van der Waals surface area contributed by atoms with E-state index in [4.69, 9.17) is 4.74 Å². The molecule has 0 saturated heterocycles. The van der Waals surface area contributed by atoms with Crippen LogP contribution in [0.3, 0.4) is 0 Å².